The summed E-state index contributed by atoms with van der Waals surface area (Å²) < 4.78 is 22.6. The molecule has 0 unspecified atom stereocenters. The largest absolute Gasteiger partial charge is 0.491 e. The van der Waals surface area contributed by atoms with Crippen LogP contribution >= 0.6 is 0 Å². The molecule has 29 heavy (non-hydrogen) atoms. The second-order valence-electron chi connectivity index (χ2n) is 5.95. The molecule has 0 aliphatic rings. The highest BCUT2D eigenvalue weighted by Gasteiger charge is 2.06. The standard InChI is InChI=1S/C21H27N3O5/c1-3-27-20-14-17(15-23-24-21(22)25)8-9-19(20)29-13-11-26-10-12-28-18-7-5-4-6-16(18)2/h4-9,14-15H,3,10-13H2,1-2H3,(H3,22,24,25)/b23-15+. The van der Waals surface area contributed by atoms with Crippen molar-refractivity contribution in [1.82, 2.24) is 5.43 Å². The summed E-state index contributed by atoms with van der Waals surface area (Å²) in [6, 6.07) is 12.5. The summed E-state index contributed by atoms with van der Waals surface area (Å²) in [6.07, 6.45) is 1.47. The average Bonchev–Trinajstić information content (AvgIpc) is 2.70. The number of urea groups is 1. The third kappa shape index (κ3) is 8.10. The molecule has 8 heteroatoms. The van der Waals surface area contributed by atoms with Crippen LogP contribution in [0.3, 0.4) is 0 Å². The molecule has 2 rings (SSSR count). The SMILES string of the molecule is CCOc1cc(/C=N/NC(N)=O)ccc1OCCOCCOc1ccccc1C. The van der Waals surface area contributed by atoms with E-state index in [0.717, 1.165) is 16.9 Å². The Hall–Kier alpha value is -3.26. The fourth-order valence-corrected chi connectivity index (χ4v) is 2.40. The topological polar surface area (TPSA) is 104 Å². The van der Waals surface area contributed by atoms with Crippen LogP contribution in [0.15, 0.2) is 47.6 Å². The minimum atomic E-state index is -0.726. The summed E-state index contributed by atoms with van der Waals surface area (Å²) in [5.74, 6) is 2.05. The maximum absolute atomic E-state index is 10.6. The zero-order valence-electron chi connectivity index (χ0n) is 16.7. The van der Waals surface area contributed by atoms with Gasteiger partial charge in [0, 0.05) is 0 Å². The van der Waals surface area contributed by atoms with Crippen molar-refractivity contribution in [2.45, 2.75) is 13.8 Å². The molecule has 0 fully saturated rings. The van der Waals surface area contributed by atoms with Crippen molar-refractivity contribution in [3.63, 3.8) is 0 Å². The zero-order valence-corrected chi connectivity index (χ0v) is 16.7. The number of benzene rings is 2. The van der Waals surface area contributed by atoms with Gasteiger partial charge < -0.3 is 24.7 Å². The quantitative estimate of drug-likeness (QED) is 0.323. The lowest BCUT2D eigenvalue weighted by Crippen LogP contribution is -2.24. The Morgan fingerprint density at radius 3 is 2.41 bits per heavy atom. The molecule has 0 saturated heterocycles. The number of nitrogens with one attached hydrogen (secondary N) is 1. The number of primary amides is 1. The molecule has 0 bridgehead atoms. The Morgan fingerprint density at radius 2 is 1.72 bits per heavy atom. The van der Waals surface area contributed by atoms with Gasteiger partial charge in [0.2, 0.25) is 0 Å². The van der Waals surface area contributed by atoms with Gasteiger partial charge in [-0.25, -0.2) is 10.2 Å². The summed E-state index contributed by atoms with van der Waals surface area (Å²) >= 11 is 0. The van der Waals surface area contributed by atoms with Crippen LogP contribution in [0, 0.1) is 6.92 Å². The third-order valence-corrected chi connectivity index (χ3v) is 3.72. The second-order valence-corrected chi connectivity index (χ2v) is 5.95. The highest BCUT2D eigenvalue weighted by atomic mass is 16.6. The number of para-hydroxylation sites is 1. The van der Waals surface area contributed by atoms with E-state index in [1.165, 1.54) is 6.21 Å². The predicted molar refractivity (Wildman–Crippen MR) is 111 cm³/mol. The molecule has 156 valence electrons. The van der Waals surface area contributed by atoms with Crippen LogP contribution < -0.4 is 25.4 Å². The van der Waals surface area contributed by atoms with Gasteiger partial charge >= 0.3 is 6.03 Å². The number of nitrogens with two attached hydrogens (primary N) is 1. The second kappa shape index (κ2) is 12.2. The van der Waals surface area contributed by atoms with Crippen LogP contribution in [0.4, 0.5) is 4.79 Å². The van der Waals surface area contributed by atoms with Crippen LogP contribution in [0.1, 0.15) is 18.1 Å². The minimum absolute atomic E-state index is 0.376. The van der Waals surface area contributed by atoms with Crippen LogP contribution in [-0.2, 0) is 4.74 Å². The van der Waals surface area contributed by atoms with Gasteiger partial charge in [-0.05, 0) is 49.2 Å². The van der Waals surface area contributed by atoms with Gasteiger partial charge in [0.15, 0.2) is 11.5 Å². The Bertz CT molecular complexity index is 811. The van der Waals surface area contributed by atoms with Gasteiger partial charge in [0.1, 0.15) is 19.0 Å². The van der Waals surface area contributed by atoms with Crippen LogP contribution in [-0.4, -0.2) is 45.3 Å². The van der Waals surface area contributed by atoms with Crippen LogP contribution in [0.25, 0.3) is 0 Å². The van der Waals surface area contributed by atoms with Crippen molar-refractivity contribution < 1.29 is 23.7 Å². The van der Waals surface area contributed by atoms with Gasteiger partial charge in [0.05, 0.1) is 26.0 Å². The summed E-state index contributed by atoms with van der Waals surface area (Å²) in [7, 11) is 0. The molecule has 0 radical (unpaired) electrons. The van der Waals surface area contributed by atoms with Gasteiger partial charge in [-0.2, -0.15) is 5.10 Å². The van der Waals surface area contributed by atoms with E-state index >= 15 is 0 Å². The van der Waals surface area contributed by atoms with Crippen molar-refractivity contribution in [2.75, 3.05) is 33.0 Å². The molecule has 0 aliphatic carbocycles. The number of hydrogen-bond donors (Lipinski definition) is 2. The highest BCUT2D eigenvalue weighted by Crippen LogP contribution is 2.28. The van der Waals surface area contributed by atoms with Crippen molar-refractivity contribution in [3.8, 4) is 17.2 Å². The number of nitrogens with zero attached hydrogens (tertiary/aromatic N) is 1. The summed E-state index contributed by atoms with van der Waals surface area (Å²) in [6.45, 7) is 6.13. The summed E-state index contributed by atoms with van der Waals surface area (Å²) in [4.78, 5) is 10.6. The molecule has 2 aromatic rings. The molecule has 2 amide bonds. The fourth-order valence-electron chi connectivity index (χ4n) is 2.40. The van der Waals surface area contributed by atoms with Crippen molar-refractivity contribution in [3.05, 3.63) is 53.6 Å². The number of ether oxygens (including phenoxy) is 4. The zero-order chi connectivity index (χ0) is 20.9. The van der Waals surface area contributed by atoms with E-state index < -0.39 is 6.03 Å². The first-order chi connectivity index (χ1) is 14.1. The summed E-state index contributed by atoms with van der Waals surface area (Å²) in [5, 5.41) is 3.73. The maximum Gasteiger partial charge on any atom is 0.332 e. The first-order valence-electron chi connectivity index (χ1n) is 9.34. The van der Waals surface area contributed by atoms with Crippen molar-refractivity contribution in [2.24, 2.45) is 10.8 Å². The van der Waals surface area contributed by atoms with Crippen LogP contribution in [0.2, 0.25) is 0 Å². The lowest BCUT2D eigenvalue weighted by molar-refractivity contribution is 0.0754. The molecule has 0 heterocycles. The molecular formula is C21H27N3O5. The van der Waals surface area contributed by atoms with Gasteiger partial charge in [-0.3, -0.25) is 0 Å². The van der Waals surface area contributed by atoms with Crippen LogP contribution in [0.5, 0.6) is 17.2 Å². The van der Waals surface area contributed by atoms with Crippen molar-refractivity contribution in [1.29, 1.82) is 0 Å². The van der Waals surface area contributed by atoms with Gasteiger partial charge in [-0.15, -0.1) is 0 Å². The molecule has 0 aromatic heterocycles. The molecule has 2 aromatic carbocycles. The van der Waals surface area contributed by atoms with E-state index in [0.29, 0.717) is 44.5 Å². The predicted octanol–water partition coefficient (Wildman–Crippen LogP) is 2.87. The third-order valence-electron chi connectivity index (χ3n) is 3.72. The maximum atomic E-state index is 10.6. The van der Waals surface area contributed by atoms with E-state index in [4.69, 9.17) is 24.7 Å². The van der Waals surface area contributed by atoms with E-state index in [1.54, 1.807) is 18.2 Å². The average molecular weight is 401 g/mol. The molecule has 8 nitrogen and oxygen atoms in total. The number of carbonyl (C=O) groups excluding carboxylic acids is 1. The van der Waals surface area contributed by atoms with E-state index in [2.05, 4.69) is 10.5 Å². The number of rotatable bonds is 12. The normalized spacial score (nSPS) is 10.7. The molecule has 0 spiro atoms. The highest BCUT2D eigenvalue weighted by molar-refractivity contribution is 5.82. The van der Waals surface area contributed by atoms with E-state index in [-0.39, 0.29) is 0 Å². The van der Waals surface area contributed by atoms with Gasteiger partial charge in [-0.1, -0.05) is 18.2 Å². The first kappa shape index (κ1) is 22.0. The molecule has 0 saturated carbocycles. The smallest absolute Gasteiger partial charge is 0.332 e. The molecule has 0 aliphatic heterocycles. The number of aryl methyl sites for hydroxylation is 1. The molecule has 3 N–H and O–H groups in total. The molecule has 0 atom stereocenters. The van der Waals surface area contributed by atoms with Gasteiger partial charge in [0.25, 0.3) is 0 Å². The van der Waals surface area contributed by atoms with E-state index in [9.17, 15) is 4.79 Å². The number of carbonyl (C=O) groups is 1. The number of hydrazone groups is 1. The number of hydrogen-bond acceptors (Lipinski definition) is 6. The minimum Gasteiger partial charge on any atom is -0.491 e. The number of amides is 2. The Morgan fingerprint density at radius 1 is 1.00 bits per heavy atom. The Labute approximate surface area is 170 Å². The summed E-state index contributed by atoms with van der Waals surface area (Å²) in [5.41, 5.74) is 8.94. The first-order valence-corrected chi connectivity index (χ1v) is 9.34. The van der Waals surface area contributed by atoms with Crippen molar-refractivity contribution >= 4 is 12.2 Å². The Kier molecular flexibility index (Phi) is 9.31. The monoisotopic (exact) mass is 401 g/mol. The fraction of sp³-hybridized carbons (Fsp3) is 0.333. The lowest BCUT2D eigenvalue weighted by atomic mass is 10.2. The lowest BCUT2D eigenvalue weighted by Gasteiger charge is -2.13. The molecular weight excluding hydrogens is 374 g/mol. The van der Waals surface area contributed by atoms with E-state index in [1.807, 2.05) is 38.1 Å². The Balaban J connectivity index is 1.74.